The van der Waals surface area contributed by atoms with Crippen molar-refractivity contribution in [3.8, 4) is 0 Å². The summed E-state index contributed by atoms with van der Waals surface area (Å²) in [5, 5.41) is 2.91. The third-order valence-electron chi connectivity index (χ3n) is 2.20. The molecule has 0 aliphatic heterocycles. The van der Waals surface area contributed by atoms with Gasteiger partial charge in [-0.25, -0.2) is 9.97 Å². The van der Waals surface area contributed by atoms with E-state index in [0.717, 1.165) is 4.90 Å². The van der Waals surface area contributed by atoms with Crippen LogP contribution in [0, 0.1) is 0 Å². The minimum atomic E-state index is -0.248. The Balaban J connectivity index is 2.22. The van der Waals surface area contributed by atoms with E-state index < -0.39 is 0 Å². The molecule has 1 aromatic carbocycles. The van der Waals surface area contributed by atoms with Gasteiger partial charge in [-0.1, -0.05) is 23.7 Å². The quantitative estimate of drug-likeness (QED) is 0.693. The average Bonchev–Trinajstić information content (AvgIpc) is 2.38. The van der Waals surface area contributed by atoms with Crippen molar-refractivity contribution in [3.63, 3.8) is 0 Å². The fourth-order valence-corrected chi connectivity index (χ4v) is 2.13. The number of carbonyl (C=O) groups excluding carboxylic acids is 1. The SMILES string of the molecule is CSc1ccccc1C(=O)Nc1nccc(Cl)n1. The van der Waals surface area contributed by atoms with Crippen LogP contribution in [0.2, 0.25) is 5.15 Å². The molecule has 1 N–H and O–H groups in total. The van der Waals surface area contributed by atoms with E-state index in [1.54, 1.807) is 12.1 Å². The Morgan fingerprint density at radius 1 is 1.33 bits per heavy atom. The lowest BCUT2D eigenvalue weighted by atomic mass is 10.2. The Morgan fingerprint density at radius 2 is 2.11 bits per heavy atom. The van der Waals surface area contributed by atoms with E-state index in [9.17, 15) is 4.79 Å². The third-order valence-corrected chi connectivity index (χ3v) is 3.20. The lowest BCUT2D eigenvalue weighted by Crippen LogP contribution is -2.14. The summed E-state index contributed by atoms with van der Waals surface area (Å²) < 4.78 is 0. The van der Waals surface area contributed by atoms with Gasteiger partial charge in [0.25, 0.3) is 5.91 Å². The zero-order valence-electron chi connectivity index (χ0n) is 9.55. The Bertz CT molecular complexity index is 577. The van der Waals surface area contributed by atoms with Crippen molar-refractivity contribution in [1.82, 2.24) is 9.97 Å². The first-order valence-electron chi connectivity index (χ1n) is 5.13. The normalized spacial score (nSPS) is 10.1. The van der Waals surface area contributed by atoms with Gasteiger partial charge in [0.2, 0.25) is 5.95 Å². The number of halogens is 1. The van der Waals surface area contributed by atoms with Crippen molar-refractivity contribution in [2.75, 3.05) is 11.6 Å². The number of rotatable bonds is 3. The minimum absolute atomic E-state index is 0.198. The Kier molecular flexibility index (Phi) is 4.17. The molecule has 0 saturated carbocycles. The van der Waals surface area contributed by atoms with Crippen LogP contribution >= 0.6 is 23.4 Å². The van der Waals surface area contributed by atoms with E-state index in [1.165, 1.54) is 18.0 Å². The van der Waals surface area contributed by atoms with Crippen LogP contribution in [0.3, 0.4) is 0 Å². The molecule has 1 aromatic heterocycles. The van der Waals surface area contributed by atoms with Crippen molar-refractivity contribution in [2.45, 2.75) is 4.90 Å². The summed E-state index contributed by atoms with van der Waals surface area (Å²) in [6, 6.07) is 8.89. The summed E-state index contributed by atoms with van der Waals surface area (Å²) in [6.07, 6.45) is 3.41. The van der Waals surface area contributed by atoms with Gasteiger partial charge >= 0.3 is 0 Å². The number of nitrogens with zero attached hydrogens (tertiary/aromatic N) is 2. The van der Waals surface area contributed by atoms with Gasteiger partial charge in [-0.2, -0.15) is 0 Å². The lowest BCUT2D eigenvalue weighted by molar-refractivity contribution is 0.102. The number of aromatic nitrogens is 2. The van der Waals surface area contributed by atoms with Crippen molar-refractivity contribution >= 4 is 35.2 Å². The molecule has 0 spiro atoms. The number of carbonyl (C=O) groups is 1. The maximum Gasteiger partial charge on any atom is 0.259 e. The summed E-state index contributed by atoms with van der Waals surface area (Å²) in [7, 11) is 0. The van der Waals surface area contributed by atoms with Crippen LogP contribution in [0.25, 0.3) is 0 Å². The van der Waals surface area contributed by atoms with Crippen LogP contribution in [0.4, 0.5) is 5.95 Å². The summed E-state index contributed by atoms with van der Waals surface area (Å²) in [4.78, 5) is 20.8. The van der Waals surface area contributed by atoms with Gasteiger partial charge in [-0.15, -0.1) is 11.8 Å². The molecule has 18 heavy (non-hydrogen) atoms. The molecule has 0 radical (unpaired) electrons. The maximum absolute atomic E-state index is 12.1. The molecule has 2 aromatic rings. The predicted octanol–water partition coefficient (Wildman–Crippen LogP) is 3.10. The largest absolute Gasteiger partial charge is 0.290 e. The van der Waals surface area contributed by atoms with Crippen molar-refractivity contribution in [1.29, 1.82) is 0 Å². The summed E-state index contributed by atoms with van der Waals surface area (Å²) in [5.41, 5.74) is 0.591. The second-order valence-corrected chi connectivity index (χ2v) is 4.59. The van der Waals surface area contributed by atoms with E-state index in [1.807, 2.05) is 24.5 Å². The number of hydrogen-bond donors (Lipinski definition) is 1. The van der Waals surface area contributed by atoms with Gasteiger partial charge in [0.05, 0.1) is 5.56 Å². The van der Waals surface area contributed by atoms with Crippen LogP contribution in [0.1, 0.15) is 10.4 Å². The van der Waals surface area contributed by atoms with E-state index in [4.69, 9.17) is 11.6 Å². The molecule has 2 rings (SSSR count). The highest BCUT2D eigenvalue weighted by Gasteiger charge is 2.11. The zero-order chi connectivity index (χ0) is 13.0. The second kappa shape index (κ2) is 5.84. The topological polar surface area (TPSA) is 54.9 Å². The van der Waals surface area contributed by atoms with Gasteiger partial charge < -0.3 is 0 Å². The summed E-state index contributed by atoms with van der Waals surface area (Å²) in [5.74, 6) is -0.0503. The Morgan fingerprint density at radius 3 is 2.83 bits per heavy atom. The standard InChI is InChI=1S/C12H10ClN3OS/c1-18-9-5-3-2-4-8(9)11(17)16-12-14-7-6-10(13)15-12/h2-7H,1H3,(H,14,15,16,17). The molecule has 0 aliphatic rings. The molecule has 1 heterocycles. The van der Waals surface area contributed by atoms with E-state index in [0.29, 0.717) is 10.7 Å². The van der Waals surface area contributed by atoms with Gasteiger partial charge in [0.1, 0.15) is 5.15 Å². The molecule has 4 nitrogen and oxygen atoms in total. The molecular weight excluding hydrogens is 270 g/mol. The average molecular weight is 280 g/mol. The molecule has 92 valence electrons. The first-order chi connectivity index (χ1) is 8.70. The predicted molar refractivity (Wildman–Crippen MR) is 73.2 cm³/mol. The van der Waals surface area contributed by atoms with Gasteiger partial charge in [-0.3, -0.25) is 10.1 Å². The number of anilines is 1. The maximum atomic E-state index is 12.1. The molecule has 1 amide bonds. The van der Waals surface area contributed by atoms with Gasteiger partial charge in [0.15, 0.2) is 0 Å². The monoisotopic (exact) mass is 279 g/mol. The number of benzene rings is 1. The zero-order valence-corrected chi connectivity index (χ0v) is 11.1. The molecule has 0 unspecified atom stereocenters. The van der Waals surface area contributed by atoms with Crippen LogP contribution in [-0.2, 0) is 0 Å². The van der Waals surface area contributed by atoms with Crippen LogP contribution in [0.5, 0.6) is 0 Å². The molecule has 0 atom stereocenters. The second-order valence-electron chi connectivity index (χ2n) is 3.36. The van der Waals surface area contributed by atoms with Gasteiger partial charge in [0, 0.05) is 11.1 Å². The fraction of sp³-hybridized carbons (Fsp3) is 0.0833. The number of thioether (sulfide) groups is 1. The van der Waals surface area contributed by atoms with Crippen molar-refractivity contribution in [2.24, 2.45) is 0 Å². The molecule has 6 heteroatoms. The summed E-state index contributed by atoms with van der Waals surface area (Å²) in [6.45, 7) is 0. The molecular formula is C12H10ClN3OS. The van der Waals surface area contributed by atoms with E-state index in [-0.39, 0.29) is 11.9 Å². The van der Waals surface area contributed by atoms with Crippen LogP contribution < -0.4 is 5.32 Å². The number of nitrogens with one attached hydrogen (secondary N) is 1. The molecule has 0 fully saturated rings. The Hall–Kier alpha value is -1.59. The van der Waals surface area contributed by atoms with Crippen molar-refractivity contribution in [3.05, 3.63) is 47.2 Å². The molecule has 0 aliphatic carbocycles. The highest BCUT2D eigenvalue weighted by molar-refractivity contribution is 7.98. The lowest BCUT2D eigenvalue weighted by Gasteiger charge is -2.07. The van der Waals surface area contributed by atoms with Crippen LogP contribution in [-0.4, -0.2) is 22.1 Å². The number of hydrogen-bond acceptors (Lipinski definition) is 4. The molecule has 0 saturated heterocycles. The van der Waals surface area contributed by atoms with Gasteiger partial charge in [-0.05, 0) is 24.5 Å². The molecule has 0 bridgehead atoms. The first-order valence-corrected chi connectivity index (χ1v) is 6.74. The highest BCUT2D eigenvalue weighted by atomic mass is 35.5. The fourth-order valence-electron chi connectivity index (χ4n) is 1.40. The Labute approximate surface area is 114 Å². The minimum Gasteiger partial charge on any atom is -0.290 e. The van der Waals surface area contributed by atoms with E-state index in [2.05, 4.69) is 15.3 Å². The summed E-state index contributed by atoms with van der Waals surface area (Å²) >= 11 is 7.24. The number of amides is 1. The smallest absolute Gasteiger partial charge is 0.259 e. The highest BCUT2D eigenvalue weighted by Crippen LogP contribution is 2.20. The first kappa shape index (κ1) is 12.9. The third kappa shape index (κ3) is 3.00. The van der Waals surface area contributed by atoms with Crippen LogP contribution in [0.15, 0.2) is 41.4 Å². The van der Waals surface area contributed by atoms with Crippen molar-refractivity contribution < 1.29 is 4.79 Å². The van der Waals surface area contributed by atoms with E-state index >= 15 is 0 Å².